The molecule has 110 valence electrons. The Balaban J connectivity index is 1.60. The number of hydrogen-bond donors (Lipinski definition) is 2. The topological polar surface area (TPSA) is 56.5 Å². The van der Waals surface area contributed by atoms with Gasteiger partial charge in [-0.05, 0) is 24.1 Å². The van der Waals surface area contributed by atoms with Crippen molar-refractivity contribution in [2.24, 2.45) is 0 Å². The molecular formula is C17H20N2O2. The van der Waals surface area contributed by atoms with E-state index in [1.807, 2.05) is 48.5 Å². The normalized spacial score (nSPS) is 17.6. The fourth-order valence-corrected chi connectivity index (χ4v) is 2.37. The van der Waals surface area contributed by atoms with Gasteiger partial charge >= 0.3 is 0 Å². The molecule has 4 heteroatoms. The molecule has 3 rings (SSSR count). The monoisotopic (exact) mass is 284 g/mol. The van der Waals surface area contributed by atoms with Crippen LogP contribution in [0.1, 0.15) is 12.0 Å². The van der Waals surface area contributed by atoms with Gasteiger partial charge in [0.15, 0.2) is 0 Å². The van der Waals surface area contributed by atoms with Gasteiger partial charge in [-0.3, -0.25) is 0 Å². The number of benzene rings is 2. The zero-order valence-electron chi connectivity index (χ0n) is 11.9. The van der Waals surface area contributed by atoms with Crippen molar-refractivity contribution in [3.05, 3.63) is 54.1 Å². The summed E-state index contributed by atoms with van der Waals surface area (Å²) in [6.45, 7) is 2.10. The van der Waals surface area contributed by atoms with E-state index in [1.165, 1.54) is 0 Å². The van der Waals surface area contributed by atoms with Crippen molar-refractivity contribution in [1.82, 2.24) is 0 Å². The summed E-state index contributed by atoms with van der Waals surface area (Å²) < 4.78 is 11.1. The molecule has 0 aliphatic carbocycles. The number of anilines is 2. The van der Waals surface area contributed by atoms with Gasteiger partial charge in [0.1, 0.15) is 12.4 Å². The van der Waals surface area contributed by atoms with Crippen LogP contribution in [-0.2, 0) is 11.3 Å². The number of nitrogens with two attached hydrogens (primary N) is 1. The second-order valence-electron chi connectivity index (χ2n) is 5.23. The smallest absolute Gasteiger partial charge is 0.122 e. The van der Waals surface area contributed by atoms with Crippen LogP contribution >= 0.6 is 0 Å². The molecule has 1 heterocycles. The van der Waals surface area contributed by atoms with Crippen molar-refractivity contribution in [1.29, 1.82) is 0 Å². The van der Waals surface area contributed by atoms with E-state index in [1.54, 1.807) is 0 Å². The van der Waals surface area contributed by atoms with Gasteiger partial charge in [0, 0.05) is 12.7 Å². The molecule has 0 radical (unpaired) electrons. The van der Waals surface area contributed by atoms with Crippen LogP contribution in [0.3, 0.4) is 0 Å². The van der Waals surface area contributed by atoms with E-state index >= 15 is 0 Å². The molecule has 0 saturated carbocycles. The van der Waals surface area contributed by atoms with Crippen molar-refractivity contribution >= 4 is 11.4 Å². The predicted molar refractivity (Wildman–Crippen MR) is 84.5 cm³/mol. The lowest BCUT2D eigenvalue weighted by Gasteiger charge is -2.15. The summed E-state index contributed by atoms with van der Waals surface area (Å²) in [5.74, 6) is 0.782. The van der Waals surface area contributed by atoms with Crippen molar-refractivity contribution in [2.45, 2.75) is 19.1 Å². The lowest BCUT2D eigenvalue weighted by Crippen LogP contribution is -2.19. The number of ether oxygens (including phenoxy) is 2. The third-order valence-electron chi connectivity index (χ3n) is 3.56. The number of nitrogens with one attached hydrogen (secondary N) is 1. The largest absolute Gasteiger partial charge is 0.489 e. The van der Waals surface area contributed by atoms with E-state index in [4.69, 9.17) is 15.2 Å². The van der Waals surface area contributed by atoms with E-state index in [2.05, 4.69) is 5.32 Å². The van der Waals surface area contributed by atoms with E-state index < -0.39 is 0 Å². The highest BCUT2D eigenvalue weighted by atomic mass is 16.5. The summed E-state index contributed by atoms with van der Waals surface area (Å²) in [7, 11) is 0. The molecule has 1 aliphatic rings. The van der Waals surface area contributed by atoms with Crippen LogP contribution in [0.25, 0.3) is 0 Å². The maximum absolute atomic E-state index is 6.09. The fourth-order valence-electron chi connectivity index (χ4n) is 2.37. The van der Waals surface area contributed by atoms with Crippen LogP contribution in [0.15, 0.2) is 48.5 Å². The lowest BCUT2D eigenvalue weighted by molar-refractivity contribution is 0.195. The van der Waals surface area contributed by atoms with Gasteiger partial charge in [-0.2, -0.15) is 0 Å². The molecule has 1 atom stereocenters. The molecule has 1 aliphatic heterocycles. The molecule has 0 amide bonds. The standard InChI is InChI=1S/C17H20N2O2/c18-16-10-15(21-11-13-4-2-1-3-5-13)6-7-17(16)19-14-8-9-20-12-14/h1-7,10,14,19H,8-9,11-12,18H2. The van der Waals surface area contributed by atoms with Gasteiger partial charge in [0.05, 0.1) is 24.0 Å². The molecule has 21 heavy (non-hydrogen) atoms. The third-order valence-corrected chi connectivity index (χ3v) is 3.56. The van der Waals surface area contributed by atoms with Gasteiger partial charge in [0.2, 0.25) is 0 Å². The first-order valence-electron chi connectivity index (χ1n) is 7.22. The van der Waals surface area contributed by atoms with Crippen molar-refractivity contribution in [2.75, 3.05) is 24.3 Å². The predicted octanol–water partition coefficient (Wildman–Crippen LogP) is 3.05. The van der Waals surface area contributed by atoms with E-state index in [0.717, 1.165) is 36.6 Å². The quantitative estimate of drug-likeness (QED) is 0.829. The summed E-state index contributed by atoms with van der Waals surface area (Å²) in [6, 6.07) is 16.2. The molecule has 0 aromatic heterocycles. The molecule has 3 N–H and O–H groups in total. The number of nitrogen functional groups attached to an aromatic ring is 1. The number of hydrogen-bond acceptors (Lipinski definition) is 4. The third kappa shape index (κ3) is 3.67. The zero-order valence-corrected chi connectivity index (χ0v) is 11.9. The fraction of sp³-hybridized carbons (Fsp3) is 0.294. The Morgan fingerprint density at radius 1 is 1.19 bits per heavy atom. The SMILES string of the molecule is Nc1cc(OCc2ccccc2)ccc1NC1CCOC1. The van der Waals surface area contributed by atoms with Gasteiger partial charge in [-0.1, -0.05) is 30.3 Å². The lowest BCUT2D eigenvalue weighted by atomic mass is 10.2. The van der Waals surface area contributed by atoms with Crippen LogP contribution in [0.5, 0.6) is 5.75 Å². The van der Waals surface area contributed by atoms with E-state index in [9.17, 15) is 0 Å². The maximum atomic E-state index is 6.09. The highest BCUT2D eigenvalue weighted by molar-refractivity contribution is 5.68. The first-order chi connectivity index (χ1) is 10.3. The van der Waals surface area contributed by atoms with Crippen LogP contribution in [0.4, 0.5) is 11.4 Å². The van der Waals surface area contributed by atoms with Crippen LogP contribution < -0.4 is 15.8 Å². The van der Waals surface area contributed by atoms with E-state index in [-0.39, 0.29) is 0 Å². The van der Waals surface area contributed by atoms with Gasteiger partial charge < -0.3 is 20.5 Å². The molecule has 2 aromatic rings. The Labute approximate surface area is 124 Å². The second kappa shape index (κ2) is 6.50. The Bertz CT molecular complexity index is 581. The van der Waals surface area contributed by atoms with Crippen molar-refractivity contribution in [3.8, 4) is 5.75 Å². The molecule has 1 unspecified atom stereocenters. The van der Waals surface area contributed by atoms with Crippen LogP contribution in [-0.4, -0.2) is 19.3 Å². The Kier molecular flexibility index (Phi) is 4.26. The molecule has 0 spiro atoms. The zero-order chi connectivity index (χ0) is 14.5. The Morgan fingerprint density at radius 3 is 2.76 bits per heavy atom. The van der Waals surface area contributed by atoms with Crippen molar-refractivity contribution in [3.63, 3.8) is 0 Å². The first kappa shape index (κ1) is 13.8. The maximum Gasteiger partial charge on any atom is 0.122 e. The second-order valence-corrected chi connectivity index (χ2v) is 5.23. The molecule has 0 bridgehead atoms. The van der Waals surface area contributed by atoms with Gasteiger partial charge in [-0.25, -0.2) is 0 Å². The Hall–Kier alpha value is -2.20. The average Bonchev–Trinajstić information content (AvgIpc) is 3.02. The number of rotatable bonds is 5. The molecule has 4 nitrogen and oxygen atoms in total. The summed E-state index contributed by atoms with van der Waals surface area (Å²) in [6.07, 6.45) is 1.02. The summed E-state index contributed by atoms with van der Waals surface area (Å²) in [5.41, 5.74) is 8.87. The average molecular weight is 284 g/mol. The Morgan fingerprint density at radius 2 is 2.05 bits per heavy atom. The summed E-state index contributed by atoms with van der Waals surface area (Å²) >= 11 is 0. The molecule has 2 aromatic carbocycles. The molecular weight excluding hydrogens is 264 g/mol. The highest BCUT2D eigenvalue weighted by Crippen LogP contribution is 2.26. The summed E-state index contributed by atoms with van der Waals surface area (Å²) in [4.78, 5) is 0. The van der Waals surface area contributed by atoms with E-state index in [0.29, 0.717) is 18.3 Å². The van der Waals surface area contributed by atoms with Crippen LogP contribution in [0, 0.1) is 0 Å². The van der Waals surface area contributed by atoms with Crippen molar-refractivity contribution < 1.29 is 9.47 Å². The molecule has 1 fully saturated rings. The minimum atomic E-state index is 0.350. The minimum Gasteiger partial charge on any atom is -0.489 e. The van der Waals surface area contributed by atoms with Crippen LogP contribution in [0.2, 0.25) is 0 Å². The summed E-state index contributed by atoms with van der Waals surface area (Å²) in [5, 5.41) is 3.40. The highest BCUT2D eigenvalue weighted by Gasteiger charge is 2.16. The van der Waals surface area contributed by atoms with Gasteiger partial charge in [-0.15, -0.1) is 0 Å². The first-order valence-corrected chi connectivity index (χ1v) is 7.22. The molecule has 1 saturated heterocycles. The minimum absolute atomic E-state index is 0.350. The van der Waals surface area contributed by atoms with Gasteiger partial charge in [0.25, 0.3) is 0 Å².